The topological polar surface area (TPSA) is 84.0 Å². The second kappa shape index (κ2) is 8.54. The van der Waals surface area contributed by atoms with Crippen LogP contribution in [0.4, 0.5) is 11.6 Å². The number of aromatic nitrogens is 5. The monoisotopic (exact) mass is 451 g/mol. The molecule has 0 amide bonds. The lowest BCUT2D eigenvalue weighted by Crippen LogP contribution is -2.37. The van der Waals surface area contributed by atoms with E-state index in [2.05, 4.69) is 25.3 Å². The molecule has 3 aromatic heterocycles. The minimum absolute atomic E-state index is 0.236. The van der Waals surface area contributed by atoms with Crippen LogP contribution in [0.5, 0.6) is 0 Å². The Hall–Kier alpha value is -2.94. The van der Waals surface area contributed by atoms with Crippen molar-refractivity contribution in [3.63, 3.8) is 0 Å². The van der Waals surface area contributed by atoms with E-state index in [0.29, 0.717) is 23.3 Å². The number of piperidine rings is 1. The number of anilines is 2. The summed E-state index contributed by atoms with van der Waals surface area (Å²) in [7, 11) is 1.97. The maximum Gasteiger partial charge on any atom is 0.229 e. The summed E-state index contributed by atoms with van der Waals surface area (Å²) in [5, 5.41) is 19.6. The zero-order valence-corrected chi connectivity index (χ0v) is 18.9. The molecule has 0 bridgehead atoms. The molecule has 0 unspecified atom stereocenters. The SMILES string of the molecule is Cc1nn(-c2ccnc(Nc3ccc4c(c3)c(Cl)cn4C)n2)cc1CN1CCC[C@@H](O)C1. The highest BCUT2D eigenvalue weighted by Gasteiger charge is 2.19. The van der Waals surface area contributed by atoms with Gasteiger partial charge in [-0.2, -0.15) is 10.1 Å². The van der Waals surface area contributed by atoms with Gasteiger partial charge in [-0.3, -0.25) is 4.90 Å². The summed E-state index contributed by atoms with van der Waals surface area (Å²) >= 11 is 6.34. The van der Waals surface area contributed by atoms with Gasteiger partial charge < -0.3 is 15.0 Å². The van der Waals surface area contributed by atoms with Gasteiger partial charge in [0.15, 0.2) is 5.82 Å². The molecule has 1 atom stereocenters. The molecule has 9 heteroatoms. The number of rotatable bonds is 5. The standard InChI is InChI=1S/C23H26ClN7O/c1-15-16(11-30-9-3-4-18(32)13-30)12-31(28-15)22-7-8-25-23(27-22)26-17-5-6-21-19(10-17)20(24)14-29(21)2/h5-8,10,12,14,18,32H,3-4,9,11,13H2,1-2H3,(H,25,26,27)/t18-/m1/s1. The molecular weight excluding hydrogens is 426 g/mol. The van der Waals surface area contributed by atoms with Gasteiger partial charge in [0.1, 0.15) is 0 Å². The number of hydrogen-bond donors (Lipinski definition) is 2. The molecule has 4 aromatic rings. The van der Waals surface area contributed by atoms with Gasteiger partial charge >= 0.3 is 0 Å². The third-order valence-corrected chi connectivity index (χ3v) is 6.25. The Morgan fingerprint density at radius 1 is 1.25 bits per heavy atom. The average Bonchev–Trinajstić information content (AvgIpc) is 3.27. The van der Waals surface area contributed by atoms with Crippen molar-refractivity contribution in [2.24, 2.45) is 7.05 Å². The van der Waals surface area contributed by atoms with Crippen molar-refractivity contribution in [3.8, 4) is 5.82 Å². The van der Waals surface area contributed by atoms with Crippen LogP contribution in [-0.2, 0) is 13.6 Å². The molecule has 0 aliphatic carbocycles. The predicted octanol–water partition coefficient (Wildman–Crippen LogP) is 3.82. The molecule has 1 fully saturated rings. The number of nitrogens with zero attached hydrogens (tertiary/aromatic N) is 6. The van der Waals surface area contributed by atoms with Crippen molar-refractivity contribution in [2.45, 2.75) is 32.4 Å². The number of likely N-dealkylation sites (tertiary alicyclic amines) is 1. The predicted molar refractivity (Wildman–Crippen MR) is 126 cm³/mol. The summed E-state index contributed by atoms with van der Waals surface area (Å²) in [4.78, 5) is 11.3. The molecule has 1 aromatic carbocycles. The average molecular weight is 452 g/mol. The third-order valence-electron chi connectivity index (χ3n) is 5.95. The molecule has 4 heterocycles. The summed E-state index contributed by atoms with van der Waals surface area (Å²) in [5.41, 5.74) is 4.03. The highest BCUT2D eigenvalue weighted by molar-refractivity contribution is 6.35. The number of β-amino-alcohol motifs (C(OH)–C–C–N with tert-alkyl or cyclic N) is 1. The largest absolute Gasteiger partial charge is 0.392 e. The van der Waals surface area contributed by atoms with Crippen molar-refractivity contribution >= 4 is 34.1 Å². The molecule has 2 N–H and O–H groups in total. The fraction of sp³-hybridized carbons (Fsp3) is 0.348. The molecule has 1 aliphatic heterocycles. The Kier molecular flexibility index (Phi) is 5.58. The van der Waals surface area contributed by atoms with Crippen molar-refractivity contribution in [1.82, 2.24) is 29.2 Å². The van der Waals surface area contributed by atoms with Crippen LogP contribution in [0.15, 0.2) is 42.9 Å². The van der Waals surface area contributed by atoms with Crippen molar-refractivity contribution in [1.29, 1.82) is 0 Å². The number of halogens is 1. The molecule has 8 nitrogen and oxygen atoms in total. The van der Waals surface area contributed by atoms with Crippen LogP contribution in [0.2, 0.25) is 5.02 Å². The van der Waals surface area contributed by atoms with Crippen molar-refractivity contribution in [2.75, 3.05) is 18.4 Å². The number of hydrogen-bond acceptors (Lipinski definition) is 6. The van der Waals surface area contributed by atoms with E-state index in [0.717, 1.165) is 53.8 Å². The van der Waals surface area contributed by atoms with Crippen molar-refractivity contribution < 1.29 is 5.11 Å². The highest BCUT2D eigenvalue weighted by Crippen LogP contribution is 2.28. The maximum absolute atomic E-state index is 9.94. The minimum atomic E-state index is -0.236. The second-order valence-electron chi connectivity index (χ2n) is 8.40. The molecule has 0 spiro atoms. The quantitative estimate of drug-likeness (QED) is 0.480. The molecule has 0 saturated carbocycles. The van der Waals surface area contributed by atoms with E-state index in [-0.39, 0.29) is 6.10 Å². The molecule has 5 rings (SSSR count). The van der Waals surface area contributed by atoms with E-state index in [1.165, 1.54) is 0 Å². The lowest BCUT2D eigenvalue weighted by molar-refractivity contribution is 0.0667. The number of aliphatic hydroxyl groups excluding tert-OH is 1. The van der Waals surface area contributed by atoms with Crippen molar-refractivity contribution in [3.05, 3.63) is 59.1 Å². The van der Waals surface area contributed by atoms with Gasteiger partial charge in [0, 0.05) is 66.9 Å². The second-order valence-corrected chi connectivity index (χ2v) is 8.81. The van der Waals surface area contributed by atoms with E-state index >= 15 is 0 Å². The molecule has 1 saturated heterocycles. The first-order valence-corrected chi connectivity index (χ1v) is 11.1. The Bertz CT molecular complexity index is 1260. The van der Waals surface area contributed by atoms with Crippen LogP contribution in [0, 0.1) is 6.92 Å². The first kappa shape index (κ1) is 20.9. The third kappa shape index (κ3) is 4.21. The number of aliphatic hydroxyl groups is 1. The Morgan fingerprint density at radius 2 is 2.12 bits per heavy atom. The van der Waals surface area contributed by atoms with Gasteiger partial charge in [0.2, 0.25) is 5.95 Å². The van der Waals surface area contributed by atoms with Gasteiger partial charge in [-0.1, -0.05) is 11.6 Å². The van der Waals surface area contributed by atoms with E-state index in [1.807, 2.05) is 55.2 Å². The van der Waals surface area contributed by atoms with Gasteiger partial charge in [-0.15, -0.1) is 0 Å². The highest BCUT2D eigenvalue weighted by atomic mass is 35.5. The Balaban J connectivity index is 1.36. The van der Waals surface area contributed by atoms with Gasteiger partial charge in [-0.05, 0) is 44.5 Å². The summed E-state index contributed by atoms with van der Waals surface area (Å²) in [6.45, 7) is 4.49. The Morgan fingerprint density at radius 3 is 2.97 bits per heavy atom. The van der Waals surface area contributed by atoms with E-state index < -0.39 is 0 Å². The summed E-state index contributed by atoms with van der Waals surface area (Å²) in [6.07, 6.45) is 7.30. The zero-order chi connectivity index (χ0) is 22.2. The molecule has 32 heavy (non-hydrogen) atoms. The zero-order valence-electron chi connectivity index (χ0n) is 18.2. The van der Waals surface area contributed by atoms with Gasteiger partial charge in [0.25, 0.3) is 0 Å². The molecule has 166 valence electrons. The smallest absolute Gasteiger partial charge is 0.229 e. The van der Waals surface area contributed by atoms with E-state index in [4.69, 9.17) is 11.6 Å². The normalized spacial score (nSPS) is 17.2. The van der Waals surface area contributed by atoms with Gasteiger partial charge in [0.05, 0.1) is 16.8 Å². The van der Waals surface area contributed by atoms with Crippen LogP contribution in [0.1, 0.15) is 24.1 Å². The summed E-state index contributed by atoms with van der Waals surface area (Å²) < 4.78 is 3.79. The number of nitrogens with one attached hydrogen (secondary N) is 1. The molecule has 0 radical (unpaired) electrons. The van der Waals surface area contributed by atoms with E-state index in [1.54, 1.807) is 10.9 Å². The number of benzene rings is 1. The van der Waals surface area contributed by atoms with Crippen LogP contribution >= 0.6 is 11.6 Å². The Labute approximate surface area is 191 Å². The fourth-order valence-electron chi connectivity index (χ4n) is 4.27. The van der Waals surface area contributed by atoms with Crippen LogP contribution in [0.3, 0.4) is 0 Å². The maximum atomic E-state index is 9.94. The van der Waals surface area contributed by atoms with Crippen LogP contribution in [-0.4, -0.2) is 53.5 Å². The summed E-state index contributed by atoms with van der Waals surface area (Å²) in [6, 6.07) is 7.84. The number of aryl methyl sites for hydroxylation is 2. The number of fused-ring (bicyclic) bond motifs is 1. The first-order chi connectivity index (χ1) is 15.5. The fourth-order valence-corrected chi connectivity index (χ4v) is 4.57. The molecular formula is C23H26ClN7O. The van der Waals surface area contributed by atoms with Gasteiger partial charge in [-0.25, -0.2) is 9.67 Å². The van der Waals surface area contributed by atoms with Crippen LogP contribution < -0.4 is 5.32 Å². The van der Waals surface area contributed by atoms with E-state index in [9.17, 15) is 5.11 Å². The van der Waals surface area contributed by atoms with Crippen LogP contribution in [0.25, 0.3) is 16.7 Å². The lowest BCUT2D eigenvalue weighted by atomic mass is 10.1. The minimum Gasteiger partial charge on any atom is -0.392 e. The lowest BCUT2D eigenvalue weighted by Gasteiger charge is -2.29. The molecule has 1 aliphatic rings. The first-order valence-electron chi connectivity index (χ1n) is 10.8. The summed E-state index contributed by atoms with van der Waals surface area (Å²) in [5.74, 6) is 1.18.